The van der Waals surface area contributed by atoms with Crippen LogP contribution in [0.1, 0.15) is 25.7 Å². The number of amides is 3. The quantitative estimate of drug-likeness (QED) is 0.889. The number of hydrogen-bond acceptors (Lipinski definition) is 2. The van der Waals surface area contributed by atoms with Crippen molar-refractivity contribution in [2.45, 2.75) is 25.7 Å². The van der Waals surface area contributed by atoms with Crippen LogP contribution in [-0.2, 0) is 4.79 Å². The van der Waals surface area contributed by atoms with Gasteiger partial charge in [0.2, 0.25) is 5.91 Å². The van der Waals surface area contributed by atoms with Gasteiger partial charge in [0.05, 0.1) is 0 Å². The topological polar surface area (TPSA) is 61.4 Å². The highest BCUT2D eigenvalue weighted by molar-refractivity contribution is 5.95. The van der Waals surface area contributed by atoms with E-state index in [1.54, 1.807) is 6.07 Å². The first-order chi connectivity index (χ1) is 9.72. The predicted molar refractivity (Wildman–Crippen MR) is 77.6 cm³/mol. The van der Waals surface area contributed by atoms with Crippen LogP contribution in [-0.4, -0.2) is 29.9 Å². The third kappa shape index (κ3) is 3.10. The maximum absolute atomic E-state index is 12.0. The van der Waals surface area contributed by atoms with Crippen LogP contribution < -0.4 is 10.6 Å². The Morgan fingerprint density at radius 2 is 1.70 bits per heavy atom. The van der Waals surface area contributed by atoms with Crippen LogP contribution in [0.2, 0.25) is 0 Å². The number of nitrogens with one attached hydrogen (secondary N) is 2. The highest BCUT2D eigenvalue weighted by Gasteiger charge is 2.29. The van der Waals surface area contributed by atoms with Gasteiger partial charge >= 0.3 is 6.03 Å². The van der Waals surface area contributed by atoms with E-state index in [2.05, 4.69) is 10.6 Å². The van der Waals surface area contributed by atoms with E-state index < -0.39 is 0 Å². The van der Waals surface area contributed by atoms with Gasteiger partial charge in [0.1, 0.15) is 0 Å². The smallest absolute Gasteiger partial charge is 0.321 e. The second-order valence-corrected chi connectivity index (χ2v) is 5.47. The zero-order chi connectivity index (χ0) is 13.9. The van der Waals surface area contributed by atoms with E-state index >= 15 is 0 Å². The van der Waals surface area contributed by atoms with E-state index in [1.165, 1.54) is 0 Å². The Morgan fingerprint density at radius 1 is 1.05 bits per heavy atom. The lowest BCUT2D eigenvalue weighted by atomic mass is 10.2. The van der Waals surface area contributed by atoms with Crippen LogP contribution in [0, 0.1) is 5.92 Å². The summed E-state index contributed by atoms with van der Waals surface area (Å²) in [6, 6.07) is 7.25. The molecule has 0 spiro atoms. The van der Waals surface area contributed by atoms with Crippen molar-refractivity contribution in [1.82, 2.24) is 4.90 Å². The van der Waals surface area contributed by atoms with Gasteiger partial charge in [0, 0.05) is 30.4 Å². The molecule has 2 aliphatic rings. The van der Waals surface area contributed by atoms with E-state index in [0.717, 1.165) is 50.1 Å². The van der Waals surface area contributed by atoms with Crippen molar-refractivity contribution in [3.05, 3.63) is 24.3 Å². The van der Waals surface area contributed by atoms with Crippen molar-refractivity contribution in [3.63, 3.8) is 0 Å². The van der Waals surface area contributed by atoms with Gasteiger partial charge in [-0.3, -0.25) is 4.79 Å². The maximum Gasteiger partial charge on any atom is 0.321 e. The molecule has 20 heavy (non-hydrogen) atoms. The Bertz CT molecular complexity index is 520. The zero-order valence-corrected chi connectivity index (χ0v) is 11.4. The molecule has 3 amide bonds. The number of urea groups is 1. The van der Waals surface area contributed by atoms with Crippen molar-refractivity contribution in [3.8, 4) is 0 Å². The number of hydrogen-bond donors (Lipinski definition) is 2. The number of carbonyl (C=O) groups is 2. The van der Waals surface area contributed by atoms with Crippen LogP contribution in [0.4, 0.5) is 16.2 Å². The predicted octanol–water partition coefficient (Wildman–Crippen LogP) is 2.66. The molecule has 1 aromatic rings. The summed E-state index contributed by atoms with van der Waals surface area (Å²) in [5, 5.41) is 5.76. The minimum atomic E-state index is -0.0619. The Labute approximate surface area is 118 Å². The van der Waals surface area contributed by atoms with Crippen LogP contribution >= 0.6 is 0 Å². The summed E-state index contributed by atoms with van der Waals surface area (Å²) in [5.41, 5.74) is 1.46. The Kier molecular flexibility index (Phi) is 3.58. The molecule has 5 nitrogen and oxygen atoms in total. The Balaban J connectivity index is 1.61. The van der Waals surface area contributed by atoms with Crippen molar-refractivity contribution in [2.75, 3.05) is 23.7 Å². The molecular weight excluding hydrogens is 254 g/mol. The fourth-order valence-corrected chi connectivity index (χ4v) is 2.39. The molecule has 2 N–H and O–H groups in total. The third-order valence-corrected chi connectivity index (χ3v) is 3.72. The summed E-state index contributed by atoms with van der Waals surface area (Å²) in [5.74, 6) is 0.255. The van der Waals surface area contributed by atoms with Crippen molar-refractivity contribution in [2.24, 2.45) is 5.92 Å². The molecule has 1 heterocycles. The molecule has 3 rings (SSSR count). The second kappa shape index (κ2) is 5.53. The standard InChI is InChI=1S/C15H19N3O2/c19-14(11-6-7-11)16-12-4-3-5-13(10-12)17-15(20)18-8-1-2-9-18/h3-5,10-11H,1-2,6-9H2,(H,16,19)(H,17,20). The maximum atomic E-state index is 12.0. The zero-order valence-electron chi connectivity index (χ0n) is 11.4. The normalized spacial score (nSPS) is 17.9. The molecule has 0 aromatic heterocycles. The van der Waals surface area contributed by atoms with Gasteiger partial charge < -0.3 is 15.5 Å². The van der Waals surface area contributed by atoms with Gasteiger partial charge in [0.25, 0.3) is 0 Å². The average molecular weight is 273 g/mol. The average Bonchev–Trinajstić information content (AvgIpc) is 3.14. The first kappa shape index (κ1) is 13.0. The lowest BCUT2D eigenvalue weighted by Crippen LogP contribution is -2.32. The molecule has 106 valence electrons. The summed E-state index contributed by atoms with van der Waals surface area (Å²) in [6.07, 6.45) is 4.12. The van der Waals surface area contributed by atoms with Gasteiger partial charge in [-0.05, 0) is 43.9 Å². The fourth-order valence-electron chi connectivity index (χ4n) is 2.39. The fraction of sp³-hybridized carbons (Fsp3) is 0.467. The van der Waals surface area contributed by atoms with Crippen LogP contribution in [0.25, 0.3) is 0 Å². The van der Waals surface area contributed by atoms with Gasteiger partial charge in [-0.25, -0.2) is 4.79 Å². The molecule has 1 aromatic carbocycles. The number of anilines is 2. The molecule has 1 aliphatic heterocycles. The van der Waals surface area contributed by atoms with Crippen molar-refractivity contribution in [1.29, 1.82) is 0 Å². The number of carbonyl (C=O) groups excluding carboxylic acids is 2. The molecular formula is C15H19N3O2. The van der Waals surface area contributed by atoms with Crippen LogP contribution in [0.3, 0.4) is 0 Å². The van der Waals surface area contributed by atoms with E-state index in [1.807, 2.05) is 23.1 Å². The summed E-state index contributed by atoms with van der Waals surface area (Å²) in [7, 11) is 0. The molecule has 1 saturated carbocycles. The highest BCUT2D eigenvalue weighted by atomic mass is 16.2. The molecule has 0 atom stereocenters. The third-order valence-electron chi connectivity index (χ3n) is 3.72. The lowest BCUT2D eigenvalue weighted by Gasteiger charge is -2.16. The summed E-state index contributed by atoms with van der Waals surface area (Å²) < 4.78 is 0. The first-order valence-electron chi connectivity index (χ1n) is 7.19. The van der Waals surface area contributed by atoms with Gasteiger partial charge in [-0.2, -0.15) is 0 Å². The molecule has 2 fully saturated rings. The second-order valence-electron chi connectivity index (χ2n) is 5.47. The number of likely N-dealkylation sites (tertiary alicyclic amines) is 1. The summed E-state index contributed by atoms with van der Waals surface area (Å²) >= 11 is 0. The van der Waals surface area contributed by atoms with Crippen molar-refractivity contribution >= 4 is 23.3 Å². The lowest BCUT2D eigenvalue weighted by molar-refractivity contribution is -0.117. The molecule has 1 aliphatic carbocycles. The minimum absolute atomic E-state index is 0.0619. The summed E-state index contributed by atoms with van der Waals surface area (Å²) in [6.45, 7) is 1.65. The van der Waals surface area contributed by atoms with Gasteiger partial charge in [-0.1, -0.05) is 6.07 Å². The highest BCUT2D eigenvalue weighted by Crippen LogP contribution is 2.30. The van der Waals surface area contributed by atoms with Crippen molar-refractivity contribution < 1.29 is 9.59 Å². The summed E-state index contributed by atoms with van der Waals surface area (Å²) in [4.78, 5) is 25.5. The Morgan fingerprint density at radius 3 is 2.35 bits per heavy atom. The minimum Gasteiger partial charge on any atom is -0.326 e. The van der Waals surface area contributed by atoms with E-state index in [4.69, 9.17) is 0 Å². The van der Waals surface area contributed by atoms with Crippen LogP contribution in [0.5, 0.6) is 0 Å². The molecule has 0 bridgehead atoms. The largest absolute Gasteiger partial charge is 0.326 e. The number of rotatable bonds is 3. The van der Waals surface area contributed by atoms with E-state index in [-0.39, 0.29) is 17.9 Å². The first-order valence-corrected chi connectivity index (χ1v) is 7.19. The number of benzene rings is 1. The van der Waals surface area contributed by atoms with E-state index in [0.29, 0.717) is 0 Å². The molecule has 5 heteroatoms. The number of nitrogens with zero attached hydrogens (tertiary/aromatic N) is 1. The molecule has 0 radical (unpaired) electrons. The van der Waals surface area contributed by atoms with Gasteiger partial charge in [-0.15, -0.1) is 0 Å². The molecule has 1 saturated heterocycles. The van der Waals surface area contributed by atoms with Gasteiger partial charge in [0.15, 0.2) is 0 Å². The Hall–Kier alpha value is -2.04. The molecule has 0 unspecified atom stereocenters. The van der Waals surface area contributed by atoms with E-state index in [9.17, 15) is 9.59 Å². The monoisotopic (exact) mass is 273 g/mol. The SMILES string of the molecule is O=C(Nc1cccc(NC(=O)N2CCCC2)c1)C1CC1. The van der Waals surface area contributed by atoms with Crippen LogP contribution in [0.15, 0.2) is 24.3 Å².